The molecule has 3 aromatic carbocycles. The van der Waals surface area contributed by atoms with E-state index in [1.54, 1.807) is 18.2 Å². The van der Waals surface area contributed by atoms with Crippen LogP contribution in [0.2, 0.25) is 0 Å². The smallest absolute Gasteiger partial charge is 0.381 e. The maximum absolute atomic E-state index is 13.5. The van der Waals surface area contributed by atoms with Gasteiger partial charge in [-0.1, -0.05) is 54.6 Å². The van der Waals surface area contributed by atoms with E-state index in [9.17, 15) is 39.3 Å². The first-order valence-electron chi connectivity index (χ1n) is 13.0. The number of aromatic nitrogens is 2. The number of aliphatic hydroxyl groups is 3. The number of hydrogen-bond acceptors (Lipinski definition) is 12. The molecule has 1 fully saturated rings. The van der Waals surface area contributed by atoms with E-state index in [2.05, 4.69) is 0 Å². The molecule has 1 aliphatic rings. The van der Waals surface area contributed by atoms with Crippen molar-refractivity contribution in [1.82, 2.24) is 9.55 Å². The summed E-state index contributed by atoms with van der Waals surface area (Å²) in [6, 6.07) is 21.9. The number of H-pyrrole nitrogens is 1. The number of benzene rings is 3. The quantitative estimate of drug-likeness (QED) is 0.123. The first-order valence-corrected chi connectivity index (χ1v) is 13.0. The molecule has 5 rings (SSSR count). The Morgan fingerprint density at radius 1 is 0.727 bits per heavy atom. The number of hydrogen-bond donors (Lipinski definition) is 4. The number of nitrogens with zero attached hydrogens (tertiary/aromatic N) is 1. The van der Waals surface area contributed by atoms with Crippen LogP contribution in [0.15, 0.2) is 113 Å². The van der Waals surface area contributed by atoms with Crippen LogP contribution < -0.4 is 11.2 Å². The Hall–Kier alpha value is -5.41. The minimum absolute atomic E-state index is 0.158. The van der Waals surface area contributed by atoms with Crippen LogP contribution in [0.25, 0.3) is 0 Å². The lowest BCUT2D eigenvalue weighted by molar-refractivity contribution is -0.417. The second-order valence-corrected chi connectivity index (χ2v) is 9.46. The Balaban J connectivity index is 1.76. The van der Waals surface area contributed by atoms with Gasteiger partial charge in [-0.2, -0.15) is 0 Å². The number of rotatable bonds is 8. The van der Waals surface area contributed by atoms with Crippen molar-refractivity contribution in [3.05, 3.63) is 141 Å². The van der Waals surface area contributed by atoms with Crippen molar-refractivity contribution in [3.8, 4) is 0 Å². The van der Waals surface area contributed by atoms with Gasteiger partial charge in [0.25, 0.3) is 5.56 Å². The number of carbonyl (C=O) groups is 3. The number of esters is 3. The summed E-state index contributed by atoms with van der Waals surface area (Å²) in [5, 5.41) is 34.6. The average molecular weight is 605 g/mol. The summed E-state index contributed by atoms with van der Waals surface area (Å²) in [5.74, 6) is -14.8. The normalized spacial score (nSPS) is 24.3. The number of nitrogens with one attached hydrogen (secondary N) is 1. The Labute approximate surface area is 247 Å². The lowest BCUT2D eigenvalue weighted by Crippen LogP contribution is -2.70. The van der Waals surface area contributed by atoms with Crippen LogP contribution in [0, 0.1) is 0 Å². The second-order valence-electron chi connectivity index (χ2n) is 9.46. The summed E-state index contributed by atoms with van der Waals surface area (Å²) >= 11 is 0. The zero-order valence-corrected chi connectivity index (χ0v) is 22.6. The fourth-order valence-electron chi connectivity index (χ4n) is 4.54. The molecule has 0 spiro atoms. The van der Waals surface area contributed by atoms with E-state index >= 15 is 0 Å². The van der Waals surface area contributed by atoms with E-state index in [0.29, 0.717) is 10.8 Å². The SMILES string of the molecule is O=C(O[C@@]1(n2ccc(=O)[nH]c2=O)O[C@H](CO)[C@](O)(OC(=O)c2ccccc2)[C@]1(O)OC(=O)c1ccccc1)c1ccccc1. The Morgan fingerprint density at radius 2 is 1.18 bits per heavy atom. The molecular formula is C30H24N2O12. The highest BCUT2D eigenvalue weighted by molar-refractivity contribution is 5.91. The highest BCUT2D eigenvalue weighted by atomic mass is 16.9. The Morgan fingerprint density at radius 3 is 1.64 bits per heavy atom. The van der Waals surface area contributed by atoms with Crippen LogP contribution in [0.1, 0.15) is 31.1 Å². The minimum Gasteiger partial charge on any atom is -0.419 e. The lowest BCUT2D eigenvalue weighted by Gasteiger charge is -2.42. The molecule has 0 bridgehead atoms. The molecule has 4 atom stereocenters. The third-order valence-electron chi connectivity index (χ3n) is 6.71. The maximum Gasteiger partial charge on any atom is 0.381 e. The molecule has 0 amide bonds. The molecule has 226 valence electrons. The van der Waals surface area contributed by atoms with Gasteiger partial charge in [0.1, 0.15) is 0 Å². The lowest BCUT2D eigenvalue weighted by atomic mass is 9.99. The highest BCUT2D eigenvalue weighted by Crippen LogP contribution is 2.52. The molecule has 0 aliphatic carbocycles. The van der Waals surface area contributed by atoms with Gasteiger partial charge in [0.05, 0.1) is 23.3 Å². The van der Waals surface area contributed by atoms with Gasteiger partial charge in [0, 0.05) is 12.3 Å². The molecule has 14 nitrogen and oxygen atoms in total. The maximum atomic E-state index is 13.5. The third kappa shape index (κ3) is 5.07. The second kappa shape index (κ2) is 11.7. The summed E-state index contributed by atoms with van der Waals surface area (Å²) < 4.78 is 22.2. The molecule has 0 radical (unpaired) electrons. The van der Waals surface area contributed by atoms with E-state index in [-0.39, 0.29) is 16.7 Å². The van der Waals surface area contributed by atoms with Crippen molar-refractivity contribution in [2.24, 2.45) is 0 Å². The van der Waals surface area contributed by atoms with Crippen molar-refractivity contribution < 1.29 is 48.7 Å². The number of aliphatic hydroxyl groups excluding tert-OH is 1. The number of carbonyl (C=O) groups excluding carboxylic acids is 3. The van der Waals surface area contributed by atoms with Crippen LogP contribution in [0.3, 0.4) is 0 Å². The fourth-order valence-corrected chi connectivity index (χ4v) is 4.54. The van der Waals surface area contributed by atoms with Crippen LogP contribution >= 0.6 is 0 Å². The van der Waals surface area contributed by atoms with Gasteiger partial charge in [-0.25, -0.2) is 23.7 Å². The topological polar surface area (TPSA) is 204 Å². The highest BCUT2D eigenvalue weighted by Gasteiger charge is 2.83. The molecule has 1 aliphatic heterocycles. The molecule has 4 aromatic rings. The van der Waals surface area contributed by atoms with Gasteiger partial charge in [-0.15, -0.1) is 0 Å². The molecule has 4 N–H and O–H groups in total. The zero-order chi connectivity index (χ0) is 31.5. The van der Waals surface area contributed by atoms with Gasteiger partial charge in [0.15, 0.2) is 6.10 Å². The van der Waals surface area contributed by atoms with E-state index < -0.39 is 59.4 Å². The van der Waals surface area contributed by atoms with Crippen molar-refractivity contribution in [3.63, 3.8) is 0 Å². The molecular weight excluding hydrogens is 580 g/mol. The molecule has 14 heteroatoms. The van der Waals surface area contributed by atoms with Crippen LogP contribution in [0.5, 0.6) is 0 Å². The predicted molar refractivity (Wildman–Crippen MR) is 147 cm³/mol. The average Bonchev–Trinajstić information content (AvgIpc) is 3.20. The molecule has 1 aromatic heterocycles. The predicted octanol–water partition coefficient (Wildman–Crippen LogP) is 0.486. The number of aromatic amines is 1. The fraction of sp³-hybridized carbons (Fsp3) is 0.167. The molecule has 0 unspecified atom stereocenters. The first kappa shape index (κ1) is 30.1. The van der Waals surface area contributed by atoms with Gasteiger partial charge >= 0.3 is 41.1 Å². The van der Waals surface area contributed by atoms with E-state index in [0.717, 1.165) is 6.07 Å². The largest absolute Gasteiger partial charge is 0.419 e. The van der Waals surface area contributed by atoms with E-state index in [1.807, 2.05) is 4.98 Å². The van der Waals surface area contributed by atoms with Crippen LogP contribution in [0.4, 0.5) is 0 Å². The van der Waals surface area contributed by atoms with Gasteiger partial charge < -0.3 is 34.3 Å². The Kier molecular flexibility index (Phi) is 7.99. The molecule has 44 heavy (non-hydrogen) atoms. The monoisotopic (exact) mass is 604 g/mol. The Bertz CT molecular complexity index is 1790. The summed E-state index contributed by atoms with van der Waals surface area (Å²) in [6.45, 7) is -1.26. The standard InChI is InChI=1S/C30H24N2O12/c33-18-22-28(39,42-24(35)19-10-4-1-5-11-19)29(40,43-25(36)20-12-6-2-7-13-20)30(41-22,32-17-16-23(34)31-27(32)38)44-26(37)21-14-8-3-9-15-21/h1-17,22,33,39-40H,18H2,(H,31,34,38)/t22-,28+,29+,30+/m1/s1. The zero-order valence-electron chi connectivity index (χ0n) is 22.6. The van der Waals surface area contributed by atoms with Crippen molar-refractivity contribution in [2.75, 3.05) is 6.61 Å². The van der Waals surface area contributed by atoms with Crippen LogP contribution in [-0.2, 0) is 24.9 Å². The van der Waals surface area contributed by atoms with Crippen molar-refractivity contribution in [2.45, 2.75) is 23.6 Å². The van der Waals surface area contributed by atoms with Gasteiger partial charge in [-0.05, 0) is 36.4 Å². The number of ether oxygens (including phenoxy) is 4. The van der Waals surface area contributed by atoms with Crippen molar-refractivity contribution in [1.29, 1.82) is 0 Å². The van der Waals surface area contributed by atoms with Gasteiger partial charge in [0.2, 0.25) is 0 Å². The minimum atomic E-state index is -3.85. The summed E-state index contributed by atoms with van der Waals surface area (Å²) in [4.78, 5) is 67.1. The first-order chi connectivity index (χ1) is 21.0. The summed E-state index contributed by atoms with van der Waals surface area (Å²) in [6.07, 6.45) is -1.54. The molecule has 0 saturated carbocycles. The van der Waals surface area contributed by atoms with Crippen LogP contribution in [-0.4, -0.2) is 67.1 Å². The molecule has 1 saturated heterocycles. The third-order valence-corrected chi connectivity index (χ3v) is 6.71. The van der Waals surface area contributed by atoms with E-state index in [4.69, 9.17) is 18.9 Å². The summed E-state index contributed by atoms with van der Waals surface area (Å²) in [7, 11) is 0. The van der Waals surface area contributed by atoms with Crippen molar-refractivity contribution >= 4 is 17.9 Å². The van der Waals surface area contributed by atoms with E-state index in [1.165, 1.54) is 72.8 Å². The van der Waals surface area contributed by atoms with Gasteiger partial charge in [-0.3, -0.25) is 9.78 Å². The summed E-state index contributed by atoms with van der Waals surface area (Å²) in [5.41, 5.74) is -2.84. The molecule has 2 heterocycles.